The molecule has 2 rings (SSSR count). The summed E-state index contributed by atoms with van der Waals surface area (Å²) in [6, 6.07) is 7.92. The maximum atomic E-state index is 12.4. The van der Waals surface area contributed by atoms with Crippen LogP contribution in [0.2, 0.25) is 0 Å². The molecule has 28 heavy (non-hydrogen) atoms. The fraction of sp³-hybridized carbons (Fsp3) is 0.421. The first-order chi connectivity index (χ1) is 12.9. The molecule has 9 heteroatoms. The Morgan fingerprint density at radius 1 is 1.04 bits per heavy atom. The zero-order chi connectivity index (χ0) is 21.0. The maximum Gasteiger partial charge on any atom is 0.264 e. The maximum absolute atomic E-state index is 12.4. The van der Waals surface area contributed by atoms with Gasteiger partial charge >= 0.3 is 0 Å². The Morgan fingerprint density at radius 2 is 1.61 bits per heavy atom. The number of benzene rings is 1. The summed E-state index contributed by atoms with van der Waals surface area (Å²) in [5.41, 5.74) is 0.682. The number of sulfonamides is 1. The van der Waals surface area contributed by atoms with Crippen molar-refractivity contribution in [2.75, 3.05) is 10.0 Å². The van der Waals surface area contributed by atoms with Crippen LogP contribution in [0.25, 0.3) is 0 Å². The van der Waals surface area contributed by atoms with E-state index in [2.05, 4.69) is 59.9 Å². The van der Waals surface area contributed by atoms with E-state index in [1.807, 2.05) is 0 Å². The first-order valence-corrected chi connectivity index (χ1v) is 10.7. The minimum absolute atomic E-state index is 0.0242. The van der Waals surface area contributed by atoms with Gasteiger partial charge in [0.2, 0.25) is 5.95 Å². The normalized spacial score (nSPS) is 12.3. The zero-order valence-corrected chi connectivity index (χ0v) is 18.4. The van der Waals surface area contributed by atoms with Gasteiger partial charge in [0, 0.05) is 23.6 Å². The van der Waals surface area contributed by atoms with Crippen LogP contribution in [0.3, 0.4) is 0 Å². The summed E-state index contributed by atoms with van der Waals surface area (Å²) in [5.74, 6) is 0.0242. The third-order valence-corrected chi connectivity index (χ3v) is 5.19. The number of hydrogen-bond acceptors (Lipinski definition) is 5. The van der Waals surface area contributed by atoms with Crippen LogP contribution in [0.5, 0.6) is 0 Å². The van der Waals surface area contributed by atoms with Crippen molar-refractivity contribution in [2.24, 2.45) is 5.41 Å². The molecule has 7 nitrogen and oxygen atoms in total. The van der Waals surface area contributed by atoms with Gasteiger partial charge in [0.25, 0.3) is 10.0 Å². The van der Waals surface area contributed by atoms with E-state index in [1.54, 1.807) is 18.2 Å². The van der Waals surface area contributed by atoms with Gasteiger partial charge in [-0.1, -0.05) is 20.8 Å². The number of nitrogens with one attached hydrogen (secondary N) is 3. The van der Waals surface area contributed by atoms with Gasteiger partial charge in [0.15, 0.2) is 5.11 Å². The molecule has 0 unspecified atom stereocenters. The summed E-state index contributed by atoms with van der Waals surface area (Å²) in [7, 11) is -3.76. The summed E-state index contributed by atoms with van der Waals surface area (Å²) in [4.78, 5) is 7.84. The molecule has 1 aromatic heterocycles. The van der Waals surface area contributed by atoms with Crippen molar-refractivity contribution in [2.45, 2.75) is 51.5 Å². The van der Waals surface area contributed by atoms with E-state index in [1.165, 1.54) is 24.5 Å². The van der Waals surface area contributed by atoms with Gasteiger partial charge in [-0.2, -0.15) is 0 Å². The summed E-state index contributed by atoms with van der Waals surface area (Å²) >= 11 is 5.40. The van der Waals surface area contributed by atoms with Crippen molar-refractivity contribution in [3.05, 3.63) is 42.7 Å². The number of aromatic nitrogens is 2. The Hall–Kier alpha value is -2.26. The Bertz CT molecular complexity index is 906. The molecule has 1 aromatic carbocycles. The number of anilines is 2. The first kappa shape index (κ1) is 22.0. The summed E-state index contributed by atoms with van der Waals surface area (Å²) < 4.78 is 27.2. The fourth-order valence-corrected chi connectivity index (χ4v) is 4.44. The summed E-state index contributed by atoms with van der Waals surface area (Å²) in [6.07, 6.45) is 3.87. The molecule has 152 valence electrons. The highest BCUT2D eigenvalue weighted by atomic mass is 32.2. The fourth-order valence-electron chi connectivity index (χ4n) is 3.09. The van der Waals surface area contributed by atoms with Crippen molar-refractivity contribution in [1.82, 2.24) is 15.3 Å². The standard InChI is InChI=1S/C19H27N5O2S2/c1-18(2,3)13-19(4,5)23-17(27)22-14-7-9-15(10-8-14)28(25,26)24-16-20-11-6-12-21-16/h6-12H,13H2,1-5H3,(H,20,21,24)(H2,22,23,27). The van der Waals surface area contributed by atoms with E-state index in [-0.39, 0.29) is 21.8 Å². The quantitative estimate of drug-likeness (QED) is 0.611. The van der Waals surface area contributed by atoms with Crippen molar-refractivity contribution in [1.29, 1.82) is 0 Å². The lowest BCUT2D eigenvalue weighted by molar-refractivity contribution is 0.268. The second-order valence-corrected chi connectivity index (χ2v) is 10.5. The number of hydrogen-bond donors (Lipinski definition) is 3. The number of thiocarbonyl (C=S) groups is 1. The first-order valence-electron chi connectivity index (χ1n) is 8.85. The van der Waals surface area contributed by atoms with Gasteiger partial charge in [-0.3, -0.25) is 0 Å². The summed E-state index contributed by atoms with van der Waals surface area (Å²) in [6.45, 7) is 10.7. The van der Waals surface area contributed by atoms with Gasteiger partial charge in [-0.25, -0.2) is 23.1 Å². The molecule has 3 N–H and O–H groups in total. The second-order valence-electron chi connectivity index (χ2n) is 8.40. The monoisotopic (exact) mass is 421 g/mol. The largest absolute Gasteiger partial charge is 0.358 e. The van der Waals surface area contributed by atoms with Crippen LogP contribution in [0.4, 0.5) is 11.6 Å². The van der Waals surface area contributed by atoms with Crippen LogP contribution < -0.4 is 15.4 Å². The van der Waals surface area contributed by atoms with Crippen LogP contribution in [0.1, 0.15) is 41.0 Å². The van der Waals surface area contributed by atoms with Gasteiger partial charge in [-0.15, -0.1) is 0 Å². The highest BCUT2D eigenvalue weighted by molar-refractivity contribution is 7.92. The number of rotatable bonds is 6. The van der Waals surface area contributed by atoms with Crippen molar-refractivity contribution in [3.8, 4) is 0 Å². The zero-order valence-electron chi connectivity index (χ0n) is 16.8. The van der Waals surface area contributed by atoms with Crippen LogP contribution in [-0.2, 0) is 10.0 Å². The molecule has 0 spiro atoms. The SMILES string of the molecule is CC(C)(C)CC(C)(C)NC(=S)Nc1ccc(S(=O)(=O)Nc2ncccn2)cc1. The highest BCUT2D eigenvalue weighted by Gasteiger charge is 2.26. The molecule has 0 atom stereocenters. The second kappa shape index (κ2) is 8.40. The predicted octanol–water partition coefficient (Wildman–Crippen LogP) is 3.78. The smallest absolute Gasteiger partial charge is 0.264 e. The van der Waals surface area contributed by atoms with Crippen LogP contribution in [0.15, 0.2) is 47.6 Å². The molecule has 2 aromatic rings. The van der Waals surface area contributed by atoms with Gasteiger partial charge < -0.3 is 10.6 Å². The molecule has 0 aliphatic carbocycles. The average molecular weight is 422 g/mol. The van der Waals surface area contributed by atoms with E-state index in [0.29, 0.717) is 10.8 Å². The number of nitrogens with zero attached hydrogens (tertiary/aromatic N) is 2. The Kier molecular flexibility index (Phi) is 6.61. The molecule has 0 aliphatic rings. The minimum Gasteiger partial charge on any atom is -0.358 e. The third kappa shape index (κ3) is 7.05. The Labute approximate surface area is 172 Å². The summed E-state index contributed by atoms with van der Waals surface area (Å²) in [5, 5.41) is 6.89. The highest BCUT2D eigenvalue weighted by Crippen LogP contribution is 2.27. The third-order valence-electron chi connectivity index (χ3n) is 3.64. The van der Waals surface area contributed by atoms with E-state index < -0.39 is 10.0 Å². The molecular weight excluding hydrogens is 394 g/mol. The van der Waals surface area contributed by atoms with E-state index in [4.69, 9.17) is 12.2 Å². The molecule has 0 saturated heterocycles. The molecule has 0 aliphatic heterocycles. The topological polar surface area (TPSA) is 96.0 Å². The van der Waals surface area contributed by atoms with Crippen molar-refractivity contribution < 1.29 is 8.42 Å². The van der Waals surface area contributed by atoms with Crippen LogP contribution >= 0.6 is 12.2 Å². The molecule has 0 fully saturated rings. The molecule has 0 bridgehead atoms. The van der Waals surface area contributed by atoms with Gasteiger partial charge in [0.1, 0.15) is 0 Å². The van der Waals surface area contributed by atoms with Crippen molar-refractivity contribution in [3.63, 3.8) is 0 Å². The van der Waals surface area contributed by atoms with Crippen LogP contribution in [-0.4, -0.2) is 29.0 Å². The lowest BCUT2D eigenvalue weighted by Gasteiger charge is -2.34. The predicted molar refractivity (Wildman–Crippen MR) is 117 cm³/mol. The lowest BCUT2D eigenvalue weighted by atomic mass is 9.82. The van der Waals surface area contributed by atoms with Crippen molar-refractivity contribution >= 4 is 39.0 Å². The minimum atomic E-state index is -3.76. The van der Waals surface area contributed by atoms with E-state index in [9.17, 15) is 8.42 Å². The lowest BCUT2D eigenvalue weighted by Crippen LogP contribution is -2.47. The van der Waals surface area contributed by atoms with E-state index in [0.717, 1.165) is 6.42 Å². The molecule has 0 radical (unpaired) electrons. The molecule has 0 saturated carbocycles. The van der Waals surface area contributed by atoms with Crippen LogP contribution in [0, 0.1) is 5.41 Å². The van der Waals surface area contributed by atoms with E-state index >= 15 is 0 Å². The Balaban J connectivity index is 2.01. The molecule has 0 amide bonds. The molecular formula is C19H27N5O2S2. The average Bonchev–Trinajstić information content (AvgIpc) is 2.52. The van der Waals surface area contributed by atoms with Gasteiger partial charge in [0.05, 0.1) is 4.90 Å². The molecule has 1 heterocycles. The van der Waals surface area contributed by atoms with Gasteiger partial charge in [-0.05, 0) is 68.2 Å². The Morgan fingerprint density at radius 3 is 2.14 bits per heavy atom.